The van der Waals surface area contributed by atoms with Crippen LogP contribution in [-0.4, -0.2) is 29.2 Å². The Kier molecular flexibility index (Phi) is 4.08. The lowest BCUT2D eigenvalue weighted by molar-refractivity contribution is 0.267. The minimum atomic E-state index is 0.447. The van der Waals surface area contributed by atoms with E-state index < -0.39 is 0 Å². The first-order valence-corrected chi connectivity index (χ1v) is 6.80. The zero-order valence-corrected chi connectivity index (χ0v) is 11.2. The fourth-order valence-corrected chi connectivity index (χ4v) is 2.14. The topological polar surface area (TPSA) is 56.3 Å². The van der Waals surface area contributed by atoms with Gasteiger partial charge in [0.05, 0.1) is 12.4 Å². The summed E-state index contributed by atoms with van der Waals surface area (Å²) in [6.45, 7) is 1.75. The first kappa shape index (κ1) is 12.9. The third kappa shape index (κ3) is 3.45. The summed E-state index contributed by atoms with van der Waals surface area (Å²) in [4.78, 5) is 8.24. The van der Waals surface area contributed by atoms with Crippen LogP contribution >= 0.6 is 0 Å². The first-order valence-electron chi connectivity index (χ1n) is 6.80. The van der Waals surface area contributed by atoms with E-state index in [9.17, 15) is 0 Å². The van der Waals surface area contributed by atoms with Gasteiger partial charge in [-0.3, -0.25) is 4.98 Å². The highest BCUT2D eigenvalue weighted by atomic mass is 16.5. The summed E-state index contributed by atoms with van der Waals surface area (Å²) < 4.78 is 11.3. The van der Waals surface area contributed by atoms with E-state index in [4.69, 9.17) is 9.47 Å². The number of hydrogen-bond acceptors (Lipinski definition) is 5. The number of ether oxygens (including phenoxy) is 2. The Bertz CT molecular complexity index is 525. The third-order valence-corrected chi connectivity index (χ3v) is 3.17. The Morgan fingerprint density at radius 3 is 2.85 bits per heavy atom. The number of pyridine rings is 2. The van der Waals surface area contributed by atoms with Gasteiger partial charge in [-0.15, -0.1) is 0 Å². The monoisotopic (exact) mass is 271 g/mol. The molecule has 20 heavy (non-hydrogen) atoms. The maximum Gasteiger partial charge on any atom is 0.213 e. The van der Waals surface area contributed by atoms with Crippen molar-refractivity contribution < 1.29 is 9.47 Å². The molecule has 2 aromatic heterocycles. The molecule has 1 aliphatic heterocycles. The molecular formula is C15H17N3O2. The van der Waals surface area contributed by atoms with E-state index in [1.54, 1.807) is 18.6 Å². The Morgan fingerprint density at radius 2 is 2.15 bits per heavy atom. The molecular weight excluding hydrogens is 254 g/mol. The lowest BCUT2D eigenvalue weighted by Crippen LogP contribution is -2.28. The van der Waals surface area contributed by atoms with Crippen LogP contribution in [0.5, 0.6) is 17.4 Å². The molecule has 1 aliphatic rings. The van der Waals surface area contributed by atoms with Crippen molar-refractivity contribution in [3.05, 3.63) is 42.9 Å². The predicted octanol–water partition coefficient (Wildman–Crippen LogP) is 2.40. The minimum absolute atomic E-state index is 0.447. The van der Waals surface area contributed by atoms with E-state index in [1.807, 2.05) is 24.3 Å². The maximum absolute atomic E-state index is 5.65. The van der Waals surface area contributed by atoms with Gasteiger partial charge in [0, 0.05) is 18.3 Å². The van der Waals surface area contributed by atoms with E-state index in [1.165, 1.54) is 12.8 Å². The average molecular weight is 271 g/mol. The predicted molar refractivity (Wildman–Crippen MR) is 75.1 cm³/mol. The molecule has 0 saturated carbocycles. The van der Waals surface area contributed by atoms with Crippen LogP contribution in [0.4, 0.5) is 0 Å². The SMILES string of the molecule is c1cncc(Oc2ccc(OC[C@H]3CCCN3)nc2)c1. The minimum Gasteiger partial charge on any atom is -0.476 e. The van der Waals surface area contributed by atoms with Crippen LogP contribution in [0.2, 0.25) is 0 Å². The van der Waals surface area contributed by atoms with Crippen LogP contribution in [0.1, 0.15) is 12.8 Å². The van der Waals surface area contributed by atoms with Crippen LogP contribution in [0, 0.1) is 0 Å². The van der Waals surface area contributed by atoms with Gasteiger partial charge < -0.3 is 14.8 Å². The van der Waals surface area contributed by atoms with Gasteiger partial charge in [-0.2, -0.15) is 0 Å². The second-order valence-electron chi connectivity index (χ2n) is 4.73. The molecule has 0 unspecified atom stereocenters. The van der Waals surface area contributed by atoms with Gasteiger partial charge in [0.2, 0.25) is 5.88 Å². The summed E-state index contributed by atoms with van der Waals surface area (Å²) in [7, 11) is 0. The maximum atomic E-state index is 5.65. The van der Waals surface area contributed by atoms with Crippen LogP contribution in [-0.2, 0) is 0 Å². The number of nitrogens with zero attached hydrogens (tertiary/aromatic N) is 2. The number of nitrogens with one attached hydrogen (secondary N) is 1. The van der Waals surface area contributed by atoms with Gasteiger partial charge in [0.25, 0.3) is 0 Å². The molecule has 0 aromatic carbocycles. The zero-order valence-electron chi connectivity index (χ0n) is 11.2. The molecule has 0 aliphatic carbocycles. The average Bonchev–Trinajstić information content (AvgIpc) is 3.01. The molecule has 0 radical (unpaired) electrons. The Labute approximate surface area is 118 Å². The molecule has 104 valence electrons. The highest BCUT2D eigenvalue weighted by Crippen LogP contribution is 2.21. The molecule has 5 nitrogen and oxygen atoms in total. The van der Waals surface area contributed by atoms with Crippen molar-refractivity contribution in [3.8, 4) is 17.4 Å². The van der Waals surface area contributed by atoms with Crippen molar-refractivity contribution in [1.29, 1.82) is 0 Å². The molecule has 1 fully saturated rings. The van der Waals surface area contributed by atoms with Crippen LogP contribution in [0.15, 0.2) is 42.9 Å². The second kappa shape index (κ2) is 6.34. The lowest BCUT2D eigenvalue weighted by Gasteiger charge is -2.11. The van der Waals surface area contributed by atoms with Crippen molar-refractivity contribution in [3.63, 3.8) is 0 Å². The van der Waals surface area contributed by atoms with Gasteiger partial charge in [0.1, 0.15) is 18.1 Å². The number of aromatic nitrogens is 2. The standard InChI is InChI=1S/C15H17N3O2/c1-3-12(17-8-1)11-19-15-6-5-14(10-18-15)20-13-4-2-7-16-9-13/h2,4-7,9-10,12,17H,1,3,8,11H2/t12-/m1/s1. The summed E-state index contributed by atoms with van der Waals surface area (Å²) in [6, 6.07) is 7.79. The fourth-order valence-electron chi connectivity index (χ4n) is 2.14. The fraction of sp³-hybridized carbons (Fsp3) is 0.333. The van der Waals surface area contributed by atoms with Crippen LogP contribution < -0.4 is 14.8 Å². The van der Waals surface area contributed by atoms with Crippen LogP contribution in [0.25, 0.3) is 0 Å². The van der Waals surface area contributed by atoms with E-state index >= 15 is 0 Å². The third-order valence-electron chi connectivity index (χ3n) is 3.17. The molecule has 5 heteroatoms. The highest BCUT2D eigenvalue weighted by molar-refractivity contribution is 5.28. The smallest absolute Gasteiger partial charge is 0.213 e. The van der Waals surface area contributed by atoms with Crippen LogP contribution in [0.3, 0.4) is 0 Å². The summed E-state index contributed by atoms with van der Waals surface area (Å²) in [5.41, 5.74) is 0. The van der Waals surface area contributed by atoms with Gasteiger partial charge in [-0.25, -0.2) is 4.98 Å². The molecule has 1 saturated heterocycles. The second-order valence-corrected chi connectivity index (χ2v) is 4.73. The summed E-state index contributed by atoms with van der Waals surface area (Å²) >= 11 is 0. The van der Waals surface area contributed by atoms with Gasteiger partial charge in [-0.1, -0.05) is 0 Å². The molecule has 1 atom stereocenters. The van der Waals surface area contributed by atoms with E-state index in [0.717, 1.165) is 6.54 Å². The largest absolute Gasteiger partial charge is 0.476 e. The van der Waals surface area contributed by atoms with E-state index in [-0.39, 0.29) is 0 Å². The molecule has 1 N–H and O–H groups in total. The van der Waals surface area contributed by atoms with Gasteiger partial charge in [-0.05, 0) is 37.6 Å². The summed E-state index contributed by atoms with van der Waals surface area (Å²) in [6.07, 6.45) is 7.42. The number of rotatable bonds is 5. The van der Waals surface area contributed by atoms with E-state index in [0.29, 0.717) is 30.0 Å². The van der Waals surface area contributed by atoms with Gasteiger partial charge in [0.15, 0.2) is 0 Å². The van der Waals surface area contributed by atoms with Crippen molar-refractivity contribution in [2.75, 3.05) is 13.2 Å². The normalized spacial score (nSPS) is 17.9. The summed E-state index contributed by atoms with van der Waals surface area (Å²) in [5.74, 6) is 1.99. The summed E-state index contributed by atoms with van der Waals surface area (Å²) in [5, 5.41) is 3.39. The molecule has 0 spiro atoms. The van der Waals surface area contributed by atoms with Crippen molar-refractivity contribution in [2.24, 2.45) is 0 Å². The molecule has 3 rings (SSSR count). The lowest BCUT2D eigenvalue weighted by atomic mass is 10.2. The quantitative estimate of drug-likeness (QED) is 0.905. The van der Waals surface area contributed by atoms with Crippen molar-refractivity contribution in [2.45, 2.75) is 18.9 Å². The first-order chi connectivity index (χ1) is 9.90. The molecule has 2 aromatic rings. The van der Waals surface area contributed by atoms with E-state index in [2.05, 4.69) is 15.3 Å². The zero-order chi connectivity index (χ0) is 13.6. The van der Waals surface area contributed by atoms with Gasteiger partial charge >= 0.3 is 0 Å². The number of hydrogen-bond donors (Lipinski definition) is 1. The Hall–Kier alpha value is -2.14. The Morgan fingerprint density at radius 1 is 1.20 bits per heavy atom. The van der Waals surface area contributed by atoms with Crippen molar-refractivity contribution >= 4 is 0 Å². The molecule has 0 bridgehead atoms. The van der Waals surface area contributed by atoms with Crippen molar-refractivity contribution in [1.82, 2.24) is 15.3 Å². The Balaban J connectivity index is 1.54. The highest BCUT2D eigenvalue weighted by Gasteiger charge is 2.14. The molecule has 0 amide bonds. The molecule has 3 heterocycles.